The van der Waals surface area contributed by atoms with Crippen molar-refractivity contribution in [1.29, 1.82) is 0 Å². The molecule has 1 N–H and O–H groups in total. The van der Waals surface area contributed by atoms with Crippen LogP contribution >= 0.6 is 11.3 Å². The molecule has 2 aromatic rings. The van der Waals surface area contributed by atoms with Crippen LogP contribution in [-0.4, -0.2) is 23.9 Å². The quantitative estimate of drug-likeness (QED) is 0.933. The van der Waals surface area contributed by atoms with E-state index in [-0.39, 0.29) is 5.13 Å². The summed E-state index contributed by atoms with van der Waals surface area (Å²) < 4.78 is 40.6. The Balaban J connectivity index is 2.04. The van der Waals surface area contributed by atoms with Crippen LogP contribution in [0.15, 0.2) is 18.2 Å². The Morgan fingerprint density at radius 2 is 2.20 bits per heavy atom. The number of anilines is 1. The molecule has 1 heterocycles. The van der Waals surface area contributed by atoms with Crippen LogP contribution in [0.1, 0.15) is 12.5 Å². The van der Waals surface area contributed by atoms with Crippen LogP contribution in [0.2, 0.25) is 0 Å². The van der Waals surface area contributed by atoms with E-state index in [9.17, 15) is 18.0 Å². The van der Waals surface area contributed by atoms with Gasteiger partial charge in [0.15, 0.2) is 11.7 Å². The number of thiazole rings is 1. The van der Waals surface area contributed by atoms with Crippen LogP contribution in [0, 0.1) is 0 Å². The Kier molecular flexibility index (Phi) is 4.12. The molecule has 0 atom stereocenters. The summed E-state index contributed by atoms with van der Waals surface area (Å²) in [7, 11) is 0. The maximum absolute atomic E-state index is 11.9. The molecule has 0 aliphatic carbocycles. The van der Waals surface area contributed by atoms with Crippen molar-refractivity contribution in [1.82, 2.24) is 4.98 Å². The summed E-state index contributed by atoms with van der Waals surface area (Å²) in [6.45, 7) is 0.388. The van der Waals surface area contributed by atoms with Gasteiger partial charge in [-0.25, -0.2) is 9.78 Å². The van der Waals surface area contributed by atoms with E-state index in [1.807, 2.05) is 19.1 Å². The van der Waals surface area contributed by atoms with E-state index in [2.05, 4.69) is 15.0 Å². The number of alkyl halides is 3. The maximum atomic E-state index is 11.9. The van der Waals surface area contributed by atoms with Crippen molar-refractivity contribution < 1.29 is 22.7 Å². The Morgan fingerprint density at radius 3 is 2.85 bits per heavy atom. The fourth-order valence-corrected chi connectivity index (χ4v) is 2.43. The highest BCUT2D eigenvalue weighted by atomic mass is 32.1. The molecule has 0 unspecified atom stereocenters. The van der Waals surface area contributed by atoms with Gasteiger partial charge >= 0.3 is 12.3 Å². The summed E-state index contributed by atoms with van der Waals surface area (Å²) in [5.74, 6) is 0. The largest absolute Gasteiger partial charge is 0.440 e. The number of ether oxygens (including phenoxy) is 1. The van der Waals surface area contributed by atoms with Gasteiger partial charge < -0.3 is 4.74 Å². The van der Waals surface area contributed by atoms with Gasteiger partial charge in [0.1, 0.15) is 0 Å². The first kappa shape index (κ1) is 14.6. The number of hydrogen-bond donors (Lipinski definition) is 1. The van der Waals surface area contributed by atoms with Crippen molar-refractivity contribution in [3.05, 3.63) is 23.8 Å². The van der Waals surface area contributed by atoms with Gasteiger partial charge in [-0.1, -0.05) is 24.3 Å². The summed E-state index contributed by atoms with van der Waals surface area (Å²) >= 11 is 1.18. The zero-order valence-corrected chi connectivity index (χ0v) is 11.3. The van der Waals surface area contributed by atoms with Crippen LogP contribution in [0.25, 0.3) is 10.2 Å². The molecule has 0 saturated carbocycles. The van der Waals surface area contributed by atoms with Gasteiger partial charge in [0.2, 0.25) is 0 Å². The lowest BCUT2D eigenvalue weighted by atomic mass is 10.2. The van der Waals surface area contributed by atoms with E-state index in [0.717, 1.165) is 16.7 Å². The summed E-state index contributed by atoms with van der Waals surface area (Å²) in [5.41, 5.74) is 1.80. The summed E-state index contributed by atoms with van der Waals surface area (Å²) in [6, 6.07) is 5.64. The molecule has 0 saturated heterocycles. The summed E-state index contributed by atoms with van der Waals surface area (Å²) in [4.78, 5) is 15.3. The lowest BCUT2D eigenvalue weighted by Gasteiger charge is -2.07. The number of aryl methyl sites for hydroxylation is 1. The third-order valence-electron chi connectivity index (χ3n) is 2.44. The predicted octanol–water partition coefficient (Wildman–Crippen LogP) is 3.97. The van der Waals surface area contributed by atoms with Crippen molar-refractivity contribution in [3.8, 4) is 0 Å². The molecule has 0 bridgehead atoms. The smallest absolute Gasteiger partial charge is 0.422 e. The van der Waals surface area contributed by atoms with E-state index in [1.165, 1.54) is 11.3 Å². The molecule has 1 aromatic heterocycles. The first-order valence-corrected chi connectivity index (χ1v) is 6.59. The van der Waals surface area contributed by atoms with Gasteiger partial charge in [-0.3, -0.25) is 5.32 Å². The molecule has 2 rings (SSSR count). The summed E-state index contributed by atoms with van der Waals surface area (Å²) in [5, 5.41) is 2.40. The zero-order valence-electron chi connectivity index (χ0n) is 10.5. The van der Waals surface area contributed by atoms with Crippen LogP contribution in [0.4, 0.5) is 23.1 Å². The lowest BCUT2D eigenvalue weighted by Crippen LogP contribution is -2.23. The second-order valence-electron chi connectivity index (χ2n) is 3.99. The average molecular weight is 304 g/mol. The Labute approximate surface area is 116 Å². The van der Waals surface area contributed by atoms with E-state index in [0.29, 0.717) is 5.52 Å². The van der Waals surface area contributed by atoms with Crippen LogP contribution < -0.4 is 5.32 Å². The molecule has 20 heavy (non-hydrogen) atoms. The monoisotopic (exact) mass is 304 g/mol. The highest BCUT2D eigenvalue weighted by Gasteiger charge is 2.29. The molecule has 1 aromatic carbocycles. The minimum absolute atomic E-state index is 0.209. The number of benzene rings is 1. The van der Waals surface area contributed by atoms with E-state index in [4.69, 9.17) is 0 Å². The number of carbonyl (C=O) groups is 1. The minimum atomic E-state index is -4.54. The number of halogens is 3. The number of rotatable bonds is 3. The van der Waals surface area contributed by atoms with Crippen LogP contribution in [-0.2, 0) is 11.2 Å². The molecule has 4 nitrogen and oxygen atoms in total. The average Bonchev–Trinajstić information content (AvgIpc) is 2.76. The highest BCUT2D eigenvalue weighted by Crippen LogP contribution is 2.27. The lowest BCUT2D eigenvalue weighted by molar-refractivity contribution is -0.159. The highest BCUT2D eigenvalue weighted by molar-refractivity contribution is 7.22. The second-order valence-corrected chi connectivity index (χ2v) is 5.02. The molecular formula is C12H11F3N2O2S. The Hall–Kier alpha value is -1.83. The van der Waals surface area contributed by atoms with E-state index >= 15 is 0 Å². The number of aromatic nitrogens is 1. The topological polar surface area (TPSA) is 51.2 Å². The number of amides is 1. The molecule has 0 aliphatic heterocycles. The fraction of sp³-hybridized carbons (Fsp3) is 0.333. The fourth-order valence-electron chi connectivity index (χ4n) is 1.51. The SMILES string of the molecule is CCc1ccc2nc(NC(=O)OCC(F)(F)F)sc2c1. The van der Waals surface area contributed by atoms with Crippen LogP contribution in [0.5, 0.6) is 0 Å². The Morgan fingerprint density at radius 1 is 1.45 bits per heavy atom. The maximum Gasteiger partial charge on any atom is 0.422 e. The third kappa shape index (κ3) is 3.83. The van der Waals surface area contributed by atoms with Crippen molar-refractivity contribution in [2.45, 2.75) is 19.5 Å². The molecule has 0 spiro atoms. The molecular weight excluding hydrogens is 293 g/mol. The molecule has 108 valence electrons. The first-order chi connectivity index (χ1) is 9.37. The molecule has 0 fully saturated rings. The number of carbonyl (C=O) groups excluding carboxylic acids is 1. The van der Waals surface area contributed by atoms with Gasteiger partial charge in [-0.05, 0) is 24.1 Å². The summed E-state index contributed by atoms with van der Waals surface area (Å²) in [6.07, 6.45) is -4.84. The van der Waals surface area contributed by atoms with Gasteiger partial charge in [0, 0.05) is 0 Å². The van der Waals surface area contributed by atoms with Crippen LogP contribution in [0.3, 0.4) is 0 Å². The van der Waals surface area contributed by atoms with Gasteiger partial charge in [0.05, 0.1) is 10.2 Å². The second kappa shape index (κ2) is 5.66. The first-order valence-electron chi connectivity index (χ1n) is 5.77. The minimum Gasteiger partial charge on any atom is -0.440 e. The molecule has 8 heteroatoms. The zero-order chi connectivity index (χ0) is 14.8. The number of hydrogen-bond acceptors (Lipinski definition) is 4. The van der Waals surface area contributed by atoms with E-state index in [1.54, 1.807) is 6.07 Å². The number of fused-ring (bicyclic) bond motifs is 1. The van der Waals surface area contributed by atoms with Gasteiger partial charge in [-0.2, -0.15) is 13.2 Å². The van der Waals surface area contributed by atoms with E-state index < -0.39 is 18.9 Å². The Bertz CT molecular complexity index is 625. The normalized spacial score (nSPS) is 11.6. The molecule has 0 aliphatic rings. The van der Waals surface area contributed by atoms with Gasteiger partial charge in [0.25, 0.3) is 0 Å². The van der Waals surface area contributed by atoms with Crippen molar-refractivity contribution in [3.63, 3.8) is 0 Å². The number of nitrogens with one attached hydrogen (secondary N) is 1. The molecule has 0 radical (unpaired) electrons. The van der Waals surface area contributed by atoms with Gasteiger partial charge in [-0.15, -0.1) is 0 Å². The molecule has 1 amide bonds. The van der Waals surface area contributed by atoms with Crippen molar-refractivity contribution in [2.24, 2.45) is 0 Å². The van der Waals surface area contributed by atoms with Crippen molar-refractivity contribution >= 4 is 32.8 Å². The standard InChI is InChI=1S/C12H11F3N2O2S/c1-2-7-3-4-8-9(5-7)20-10(16-8)17-11(18)19-6-12(13,14)15/h3-5H,2,6H2,1H3,(H,16,17,18). The van der Waals surface area contributed by atoms with Crippen molar-refractivity contribution in [2.75, 3.05) is 11.9 Å². The third-order valence-corrected chi connectivity index (χ3v) is 3.37. The predicted molar refractivity (Wildman–Crippen MR) is 70.0 cm³/mol. The number of nitrogens with zero attached hydrogens (tertiary/aromatic N) is 1.